The average Bonchev–Trinajstić information content (AvgIpc) is 3.21. The molecular formula is C17H22N2OS. The molecule has 21 heavy (non-hydrogen) atoms. The van der Waals surface area contributed by atoms with E-state index in [2.05, 4.69) is 19.1 Å². The molecule has 1 aliphatic rings. The Morgan fingerprint density at radius 2 is 2.05 bits per heavy atom. The largest absolute Gasteiger partial charge is 0.493 e. The van der Waals surface area contributed by atoms with Gasteiger partial charge in [-0.05, 0) is 38.8 Å². The number of aromatic nitrogens is 1. The predicted molar refractivity (Wildman–Crippen MR) is 87.1 cm³/mol. The fourth-order valence-electron chi connectivity index (χ4n) is 2.36. The van der Waals surface area contributed by atoms with E-state index in [0.29, 0.717) is 12.5 Å². The molecule has 1 aromatic carbocycles. The van der Waals surface area contributed by atoms with Gasteiger partial charge >= 0.3 is 0 Å². The van der Waals surface area contributed by atoms with Crippen LogP contribution in [0, 0.1) is 6.92 Å². The Bertz CT molecular complexity index is 580. The molecule has 0 radical (unpaired) electrons. The third-order valence-electron chi connectivity index (χ3n) is 3.71. The monoisotopic (exact) mass is 302 g/mol. The fourth-order valence-corrected chi connectivity index (χ4v) is 3.45. The summed E-state index contributed by atoms with van der Waals surface area (Å²) in [4.78, 5) is 6.06. The molecule has 1 saturated carbocycles. The maximum Gasteiger partial charge on any atom is 0.119 e. The van der Waals surface area contributed by atoms with Gasteiger partial charge in [0.05, 0.1) is 17.3 Å². The number of benzene rings is 1. The summed E-state index contributed by atoms with van der Waals surface area (Å²) in [5.74, 6) is 1.58. The Kier molecular flexibility index (Phi) is 4.27. The van der Waals surface area contributed by atoms with Gasteiger partial charge in [-0.3, -0.25) is 0 Å². The summed E-state index contributed by atoms with van der Waals surface area (Å²) in [5.41, 5.74) is 8.56. The molecule has 0 aliphatic heterocycles. The molecule has 0 bridgehead atoms. The van der Waals surface area contributed by atoms with Crippen molar-refractivity contribution >= 4 is 11.3 Å². The molecule has 1 heterocycles. The van der Waals surface area contributed by atoms with Crippen LogP contribution in [0.1, 0.15) is 52.9 Å². The smallest absolute Gasteiger partial charge is 0.119 e. The van der Waals surface area contributed by atoms with E-state index in [4.69, 9.17) is 15.5 Å². The first kappa shape index (κ1) is 14.5. The van der Waals surface area contributed by atoms with Crippen molar-refractivity contribution in [3.05, 3.63) is 45.4 Å². The number of ether oxygens (including phenoxy) is 1. The maximum absolute atomic E-state index is 6.07. The zero-order chi connectivity index (χ0) is 14.8. The van der Waals surface area contributed by atoms with Crippen molar-refractivity contribution in [2.75, 3.05) is 6.61 Å². The standard InChI is InChI=1S/C17H22N2OS/c1-11-3-7-14(8-4-11)20-10-9-15-19-16(13-5-6-13)17(21-15)12(2)18/h3-4,7-8,12-13H,5-6,9-10,18H2,1-2H3. The Morgan fingerprint density at radius 3 is 2.67 bits per heavy atom. The summed E-state index contributed by atoms with van der Waals surface area (Å²) in [5, 5.41) is 1.15. The number of hydrogen-bond acceptors (Lipinski definition) is 4. The molecule has 1 atom stereocenters. The number of nitrogens with two attached hydrogens (primary N) is 1. The summed E-state index contributed by atoms with van der Waals surface area (Å²) in [6.45, 7) is 4.79. The highest BCUT2D eigenvalue weighted by Gasteiger charge is 2.30. The lowest BCUT2D eigenvalue weighted by atomic mass is 10.2. The van der Waals surface area contributed by atoms with E-state index in [-0.39, 0.29) is 6.04 Å². The minimum Gasteiger partial charge on any atom is -0.493 e. The Balaban J connectivity index is 1.60. The van der Waals surface area contributed by atoms with Crippen LogP contribution in [0.15, 0.2) is 24.3 Å². The lowest BCUT2D eigenvalue weighted by molar-refractivity contribution is 0.321. The lowest BCUT2D eigenvalue weighted by Crippen LogP contribution is -2.05. The van der Waals surface area contributed by atoms with Crippen LogP contribution in [-0.2, 0) is 6.42 Å². The molecule has 2 N–H and O–H groups in total. The van der Waals surface area contributed by atoms with Crippen molar-refractivity contribution in [2.24, 2.45) is 5.73 Å². The molecule has 4 heteroatoms. The van der Waals surface area contributed by atoms with Crippen molar-refractivity contribution in [1.82, 2.24) is 4.98 Å². The number of nitrogens with zero attached hydrogens (tertiary/aromatic N) is 1. The van der Waals surface area contributed by atoms with Crippen LogP contribution in [0.25, 0.3) is 0 Å². The van der Waals surface area contributed by atoms with Gasteiger partial charge in [-0.15, -0.1) is 11.3 Å². The highest BCUT2D eigenvalue weighted by Crippen LogP contribution is 2.44. The lowest BCUT2D eigenvalue weighted by Gasteiger charge is -2.04. The number of hydrogen-bond donors (Lipinski definition) is 1. The van der Waals surface area contributed by atoms with Crippen molar-refractivity contribution < 1.29 is 4.74 Å². The van der Waals surface area contributed by atoms with Gasteiger partial charge in [0.15, 0.2) is 0 Å². The van der Waals surface area contributed by atoms with E-state index in [1.54, 1.807) is 11.3 Å². The van der Waals surface area contributed by atoms with E-state index in [1.165, 1.54) is 29.0 Å². The molecule has 2 aromatic rings. The van der Waals surface area contributed by atoms with Crippen LogP contribution in [-0.4, -0.2) is 11.6 Å². The fraction of sp³-hybridized carbons (Fsp3) is 0.471. The van der Waals surface area contributed by atoms with E-state index in [0.717, 1.165) is 17.2 Å². The van der Waals surface area contributed by atoms with Gasteiger partial charge in [0.1, 0.15) is 5.75 Å². The van der Waals surface area contributed by atoms with Gasteiger partial charge in [0.25, 0.3) is 0 Å². The van der Waals surface area contributed by atoms with Crippen LogP contribution in [0.2, 0.25) is 0 Å². The topological polar surface area (TPSA) is 48.1 Å². The van der Waals surface area contributed by atoms with Gasteiger partial charge in [0, 0.05) is 23.3 Å². The van der Waals surface area contributed by atoms with Gasteiger partial charge in [-0.2, -0.15) is 0 Å². The normalized spacial score (nSPS) is 16.0. The van der Waals surface area contributed by atoms with E-state index < -0.39 is 0 Å². The summed E-state index contributed by atoms with van der Waals surface area (Å²) < 4.78 is 5.79. The molecule has 1 unspecified atom stereocenters. The highest BCUT2D eigenvalue weighted by atomic mass is 32.1. The Labute approximate surface area is 130 Å². The first-order valence-corrected chi connectivity index (χ1v) is 8.39. The molecule has 0 saturated heterocycles. The maximum atomic E-state index is 6.07. The molecular weight excluding hydrogens is 280 g/mol. The molecule has 0 spiro atoms. The second kappa shape index (κ2) is 6.16. The van der Waals surface area contributed by atoms with Crippen LogP contribution in [0.3, 0.4) is 0 Å². The van der Waals surface area contributed by atoms with Gasteiger partial charge in [-0.1, -0.05) is 17.7 Å². The number of rotatable bonds is 6. The molecule has 112 valence electrons. The third-order valence-corrected chi connectivity index (χ3v) is 5.04. The van der Waals surface area contributed by atoms with Crippen LogP contribution in [0.4, 0.5) is 0 Å². The van der Waals surface area contributed by atoms with Crippen molar-refractivity contribution in [1.29, 1.82) is 0 Å². The quantitative estimate of drug-likeness (QED) is 0.878. The van der Waals surface area contributed by atoms with E-state index >= 15 is 0 Å². The second-order valence-electron chi connectivity index (χ2n) is 5.83. The Morgan fingerprint density at radius 1 is 1.33 bits per heavy atom. The molecule has 0 amide bonds. The van der Waals surface area contributed by atoms with Crippen LogP contribution >= 0.6 is 11.3 Å². The van der Waals surface area contributed by atoms with Crippen molar-refractivity contribution in [3.8, 4) is 5.75 Å². The van der Waals surface area contributed by atoms with Crippen molar-refractivity contribution in [3.63, 3.8) is 0 Å². The molecule has 3 nitrogen and oxygen atoms in total. The summed E-state index contributed by atoms with van der Waals surface area (Å²) in [7, 11) is 0. The number of thiazole rings is 1. The third kappa shape index (κ3) is 3.63. The minimum absolute atomic E-state index is 0.0878. The predicted octanol–water partition coefficient (Wildman–Crippen LogP) is 3.97. The Hall–Kier alpha value is -1.39. The van der Waals surface area contributed by atoms with Gasteiger partial charge in [0.2, 0.25) is 0 Å². The molecule has 1 aliphatic carbocycles. The van der Waals surface area contributed by atoms with Crippen LogP contribution < -0.4 is 10.5 Å². The van der Waals surface area contributed by atoms with Gasteiger partial charge < -0.3 is 10.5 Å². The summed E-state index contributed by atoms with van der Waals surface area (Å²) >= 11 is 1.76. The SMILES string of the molecule is Cc1ccc(OCCc2nc(C3CC3)c(C(C)N)s2)cc1. The van der Waals surface area contributed by atoms with E-state index in [9.17, 15) is 0 Å². The molecule has 1 fully saturated rings. The first-order valence-electron chi connectivity index (χ1n) is 7.58. The highest BCUT2D eigenvalue weighted by molar-refractivity contribution is 7.11. The van der Waals surface area contributed by atoms with E-state index in [1.807, 2.05) is 19.1 Å². The zero-order valence-electron chi connectivity index (χ0n) is 12.6. The second-order valence-corrected chi connectivity index (χ2v) is 6.95. The summed E-state index contributed by atoms with van der Waals surface area (Å²) in [6.07, 6.45) is 3.39. The van der Waals surface area contributed by atoms with Crippen LogP contribution in [0.5, 0.6) is 5.75 Å². The summed E-state index contributed by atoms with van der Waals surface area (Å²) in [6, 6.07) is 8.25. The molecule has 3 rings (SSSR count). The first-order chi connectivity index (χ1) is 10.1. The minimum atomic E-state index is 0.0878. The number of aryl methyl sites for hydroxylation is 1. The zero-order valence-corrected chi connectivity index (χ0v) is 13.5. The van der Waals surface area contributed by atoms with Crippen molar-refractivity contribution in [2.45, 2.75) is 45.1 Å². The van der Waals surface area contributed by atoms with Gasteiger partial charge in [-0.25, -0.2) is 4.98 Å². The average molecular weight is 302 g/mol. The molecule has 1 aromatic heterocycles.